The van der Waals surface area contributed by atoms with Crippen molar-refractivity contribution in [3.05, 3.63) is 34.0 Å². The highest BCUT2D eigenvalue weighted by atomic mass is 16.4. The number of fused-ring (bicyclic) bond motifs is 1. The molecule has 0 saturated heterocycles. The Morgan fingerprint density at radius 3 is 2.05 bits per heavy atom. The summed E-state index contributed by atoms with van der Waals surface area (Å²) in [5.74, 6) is -5.26. The quantitative estimate of drug-likeness (QED) is 0.378. The smallest absolute Gasteiger partial charge is 0.335 e. The molecule has 0 unspecified atom stereocenters. The molecule has 7 heteroatoms. The number of hydrogen-bond acceptors (Lipinski definition) is 6. The zero-order valence-corrected chi connectivity index (χ0v) is 9.28. The number of phenols is 4. The molecule has 2 aromatic rings. The van der Waals surface area contributed by atoms with Gasteiger partial charge in [0.05, 0.1) is 10.9 Å². The second-order valence-electron chi connectivity index (χ2n) is 3.79. The maximum Gasteiger partial charge on any atom is 0.335 e. The Morgan fingerprint density at radius 2 is 1.47 bits per heavy atom. The molecule has 0 aliphatic carbocycles. The lowest BCUT2D eigenvalue weighted by atomic mass is 10.1. The Balaban J connectivity index is 3.15. The van der Waals surface area contributed by atoms with Gasteiger partial charge in [0.2, 0.25) is 11.5 Å². The van der Waals surface area contributed by atoms with Gasteiger partial charge in [-0.1, -0.05) is 0 Å². The molecule has 0 amide bonds. The largest absolute Gasteiger partial charge is 0.504 e. The first-order valence-corrected chi connectivity index (χ1v) is 5.01. The highest BCUT2D eigenvalue weighted by molar-refractivity contribution is 6.00. The maximum absolute atomic E-state index is 11.7. The molecule has 0 spiro atoms. The zero-order valence-electron chi connectivity index (χ0n) is 9.28. The molecule has 0 atom stereocenters. The van der Waals surface area contributed by atoms with Crippen LogP contribution in [0.4, 0.5) is 0 Å². The van der Waals surface area contributed by atoms with Gasteiger partial charge < -0.3 is 25.5 Å². The minimum absolute atomic E-state index is 0.327. The van der Waals surface area contributed by atoms with E-state index < -0.39 is 39.8 Å². The first-order valence-electron chi connectivity index (χ1n) is 5.01. The first kappa shape index (κ1) is 12.5. The predicted octanol–water partition coefficient (Wildman–Crippen LogP) is 0.721. The van der Waals surface area contributed by atoms with E-state index in [0.717, 1.165) is 18.2 Å². The van der Waals surface area contributed by atoms with Gasteiger partial charge in [-0.25, -0.2) is 4.79 Å². The molecular weight excluding hydrogens is 256 g/mol. The Kier molecular flexibility index (Phi) is 2.67. The SMILES string of the molecule is O=C(O)c1ccc(=O)c2c(O)c(O)c(O)c(O)c2c1. The maximum atomic E-state index is 11.7. The molecule has 2 rings (SSSR count). The van der Waals surface area contributed by atoms with Gasteiger partial charge in [0, 0.05) is 5.39 Å². The molecule has 5 N–H and O–H groups in total. The lowest BCUT2D eigenvalue weighted by Gasteiger charge is -2.06. The van der Waals surface area contributed by atoms with E-state index in [0.29, 0.717) is 0 Å². The number of benzene rings is 1. The summed E-state index contributed by atoms with van der Waals surface area (Å²) in [5, 5.41) is 46.0. The number of phenolic OH excluding ortho intramolecular Hbond substituents is 4. The lowest BCUT2D eigenvalue weighted by Crippen LogP contribution is -1.95. The number of carboxylic acids is 1. The highest BCUT2D eigenvalue weighted by Gasteiger charge is 2.20. The second kappa shape index (κ2) is 4.05. The summed E-state index contributed by atoms with van der Waals surface area (Å²) in [5.41, 5.74) is -1.14. The van der Waals surface area contributed by atoms with Gasteiger partial charge in [0.25, 0.3) is 0 Å². The summed E-state index contributed by atoms with van der Waals surface area (Å²) in [6, 6.07) is 2.77. The van der Waals surface area contributed by atoms with Crippen LogP contribution in [0.15, 0.2) is 23.0 Å². The van der Waals surface area contributed by atoms with Crippen molar-refractivity contribution in [1.29, 1.82) is 0 Å². The molecule has 98 valence electrons. The average molecular weight is 264 g/mol. The summed E-state index contributed by atoms with van der Waals surface area (Å²) >= 11 is 0. The van der Waals surface area contributed by atoms with Gasteiger partial charge >= 0.3 is 5.97 Å². The molecule has 0 bridgehead atoms. The van der Waals surface area contributed by atoms with Gasteiger partial charge in [-0.15, -0.1) is 0 Å². The Morgan fingerprint density at radius 1 is 0.895 bits per heavy atom. The number of hydrogen-bond donors (Lipinski definition) is 5. The van der Waals surface area contributed by atoms with Crippen molar-refractivity contribution < 1.29 is 30.3 Å². The Hall–Kier alpha value is -2.96. The molecule has 19 heavy (non-hydrogen) atoms. The van der Waals surface area contributed by atoms with Gasteiger partial charge in [0.1, 0.15) is 0 Å². The van der Waals surface area contributed by atoms with Crippen molar-refractivity contribution in [1.82, 2.24) is 0 Å². The molecule has 0 aliphatic heterocycles. The minimum Gasteiger partial charge on any atom is -0.504 e. The molecular formula is C12H8O7. The van der Waals surface area contributed by atoms with E-state index in [4.69, 9.17) is 5.11 Å². The van der Waals surface area contributed by atoms with Crippen LogP contribution in [-0.2, 0) is 0 Å². The number of carbonyl (C=O) groups is 1. The second-order valence-corrected chi connectivity index (χ2v) is 3.79. The van der Waals surface area contributed by atoms with E-state index in [1.165, 1.54) is 0 Å². The van der Waals surface area contributed by atoms with Gasteiger partial charge in [-0.05, 0) is 18.2 Å². The van der Waals surface area contributed by atoms with Gasteiger partial charge in [-0.2, -0.15) is 0 Å². The van der Waals surface area contributed by atoms with Crippen LogP contribution in [0.25, 0.3) is 10.8 Å². The standard InChI is InChI=1S/C12H8O7/c13-6-2-1-4(12(18)19)3-5-7(6)9(15)11(17)10(16)8(5)14/h1-3,14-17H,(H,18,19). The molecule has 0 aliphatic rings. The minimum atomic E-state index is -1.36. The van der Waals surface area contributed by atoms with Crippen molar-refractivity contribution in [3.63, 3.8) is 0 Å². The first-order chi connectivity index (χ1) is 8.84. The van der Waals surface area contributed by atoms with Crippen LogP contribution in [0, 0.1) is 0 Å². The van der Waals surface area contributed by atoms with Gasteiger partial charge in [0.15, 0.2) is 16.9 Å². The number of aromatic carboxylic acids is 1. The third-order valence-electron chi connectivity index (χ3n) is 2.64. The zero-order chi connectivity index (χ0) is 14.3. The summed E-state index contributed by atoms with van der Waals surface area (Å²) < 4.78 is 0. The number of carboxylic acid groups (broad SMARTS) is 1. The van der Waals surface area contributed by atoms with E-state index in [9.17, 15) is 30.0 Å². The van der Waals surface area contributed by atoms with E-state index in [-0.39, 0.29) is 10.9 Å². The van der Waals surface area contributed by atoms with Crippen LogP contribution in [0.2, 0.25) is 0 Å². The molecule has 0 radical (unpaired) electrons. The monoisotopic (exact) mass is 264 g/mol. The Bertz CT molecular complexity index is 764. The molecule has 7 nitrogen and oxygen atoms in total. The fourth-order valence-electron chi connectivity index (χ4n) is 1.69. The molecule has 2 aromatic carbocycles. The highest BCUT2D eigenvalue weighted by Crippen LogP contribution is 2.47. The number of aromatic hydroxyl groups is 4. The van der Waals surface area contributed by atoms with E-state index in [1.54, 1.807) is 0 Å². The third-order valence-corrected chi connectivity index (χ3v) is 2.64. The molecule has 0 heterocycles. The summed E-state index contributed by atoms with van der Waals surface area (Å²) in [4.78, 5) is 22.6. The van der Waals surface area contributed by atoms with Crippen molar-refractivity contribution in [3.8, 4) is 23.0 Å². The Labute approximate surface area is 105 Å². The van der Waals surface area contributed by atoms with E-state index in [2.05, 4.69) is 0 Å². The van der Waals surface area contributed by atoms with E-state index >= 15 is 0 Å². The summed E-state index contributed by atoms with van der Waals surface area (Å²) in [7, 11) is 0. The topological polar surface area (TPSA) is 135 Å². The molecule has 0 saturated carbocycles. The van der Waals surface area contributed by atoms with Crippen LogP contribution in [0.5, 0.6) is 23.0 Å². The van der Waals surface area contributed by atoms with Crippen molar-refractivity contribution in [2.75, 3.05) is 0 Å². The van der Waals surface area contributed by atoms with Crippen LogP contribution >= 0.6 is 0 Å². The van der Waals surface area contributed by atoms with Crippen LogP contribution in [0.1, 0.15) is 10.4 Å². The normalized spacial score (nSPS) is 10.5. The fourth-order valence-corrected chi connectivity index (χ4v) is 1.69. The van der Waals surface area contributed by atoms with E-state index in [1.807, 2.05) is 0 Å². The predicted molar refractivity (Wildman–Crippen MR) is 63.8 cm³/mol. The van der Waals surface area contributed by atoms with Crippen molar-refractivity contribution >= 4 is 16.7 Å². The molecule has 0 aromatic heterocycles. The fraction of sp³-hybridized carbons (Fsp3) is 0. The average Bonchev–Trinajstić information content (AvgIpc) is 2.53. The summed E-state index contributed by atoms with van der Waals surface area (Å²) in [6.45, 7) is 0. The van der Waals surface area contributed by atoms with Crippen LogP contribution in [0.3, 0.4) is 0 Å². The van der Waals surface area contributed by atoms with Gasteiger partial charge in [-0.3, -0.25) is 4.79 Å². The van der Waals surface area contributed by atoms with Crippen molar-refractivity contribution in [2.24, 2.45) is 0 Å². The molecule has 0 fully saturated rings. The van der Waals surface area contributed by atoms with Crippen molar-refractivity contribution in [2.45, 2.75) is 0 Å². The lowest BCUT2D eigenvalue weighted by molar-refractivity contribution is 0.0697. The van der Waals surface area contributed by atoms with Crippen LogP contribution < -0.4 is 5.43 Å². The number of rotatable bonds is 1. The van der Waals surface area contributed by atoms with Crippen LogP contribution in [-0.4, -0.2) is 31.5 Å². The summed E-state index contributed by atoms with van der Waals surface area (Å²) in [6.07, 6.45) is 0. The third kappa shape index (κ3) is 1.77.